The summed E-state index contributed by atoms with van der Waals surface area (Å²) in [5, 5.41) is 10.1. The molecule has 7 heteroatoms. The monoisotopic (exact) mass is 248 g/mol. The van der Waals surface area contributed by atoms with Crippen molar-refractivity contribution < 1.29 is 4.52 Å². The van der Waals surface area contributed by atoms with Crippen LogP contribution in [-0.4, -0.2) is 27.2 Å². The number of nitrogens with one attached hydrogen (secondary N) is 2. The van der Waals surface area contributed by atoms with Crippen molar-refractivity contribution in [3.05, 3.63) is 23.6 Å². The van der Waals surface area contributed by atoms with E-state index >= 15 is 0 Å². The highest BCUT2D eigenvalue weighted by molar-refractivity contribution is 5.56. The molecule has 2 aromatic rings. The van der Waals surface area contributed by atoms with Gasteiger partial charge in [-0.25, -0.2) is 9.97 Å². The average Bonchev–Trinajstić information content (AvgIpc) is 2.81. The molecule has 7 nitrogen and oxygen atoms in total. The molecule has 0 aliphatic heterocycles. The van der Waals surface area contributed by atoms with Gasteiger partial charge in [0.25, 0.3) is 0 Å². The predicted octanol–water partition coefficient (Wildman–Crippen LogP) is 1.38. The molecule has 0 atom stereocenters. The van der Waals surface area contributed by atoms with Crippen LogP contribution in [0.15, 0.2) is 10.9 Å². The van der Waals surface area contributed by atoms with E-state index in [9.17, 15) is 0 Å². The molecule has 0 unspecified atom stereocenters. The third-order valence-corrected chi connectivity index (χ3v) is 2.52. The van der Waals surface area contributed by atoms with Gasteiger partial charge in [-0.15, -0.1) is 0 Å². The fraction of sp³-hybridized carbons (Fsp3) is 0.455. The third kappa shape index (κ3) is 2.55. The Morgan fingerprint density at radius 1 is 1.28 bits per heavy atom. The maximum absolute atomic E-state index is 4.91. The quantitative estimate of drug-likeness (QED) is 0.826. The summed E-state index contributed by atoms with van der Waals surface area (Å²) in [7, 11) is 1.84. The van der Waals surface area contributed by atoms with Crippen LogP contribution in [0.4, 0.5) is 11.6 Å². The van der Waals surface area contributed by atoms with Crippen LogP contribution in [0.5, 0.6) is 0 Å². The van der Waals surface area contributed by atoms with Gasteiger partial charge in [0.1, 0.15) is 18.0 Å². The molecule has 2 N–H and O–H groups in total. The highest BCUT2D eigenvalue weighted by Gasteiger charge is 2.09. The Hall–Kier alpha value is -2.18. The molecular weight excluding hydrogens is 232 g/mol. The summed E-state index contributed by atoms with van der Waals surface area (Å²) in [6, 6.07) is 0. The van der Waals surface area contributed by atoms with E-state index in [1.54, 1.807) is 6.92 Å². The Balaban J connectivity index is 2.13. The van der Waals surface area contributed by atoms with Crippen LogP contribution in [0.2, 0.25) is 0 Å². The molecule has 0 saturated heterocycles. The van der Waals surface area contributed by atoms with Crippen LogP contribution in [-0.2, 0) is 13.0 Å². The topological polar surface area (TPSA) is 88.8 Å². The van der Waals surface area contributed by atoms with Crippen molar-refractivity contribution in [2.45, 2.75) is 26.8 Å². The lowest BCUT2D eigenvalue weighted by Gasteiger charge is -2.11. The Morgan fingerprint density at radius 2 is 2.06 bits per heavy atom. The molecule has 0 fully saturated rings. The molecule has 0 radical (unpaired) electrons. The van der Waals surface area contributed by atoms with Crippen LogP contribution in [0.3, 0.4) is 0 Å². The number of rotatable bonds is 5. The summed E-state index contributed by atoms with van der Waals surface area (Å²) < 4.78 is 4.91. The van der Waals surface area contributed by atoms with Gasteiger partial charge in [0, 0.05) is 19.5 Å². The summed E-state index contributed by atoms with van der Waals surface area (Å²) in [5.41, 5.74) is 1.04. The lowest BCUT2D eigenvalue weighted by atomic mass is 10.2. The molecular formula is C11H16N6O. The van der Waals surface area contributed by atoms with Gasteiger partial charge in [0.15, 0.2) is 5.82 Å². The number of hydrogen-bond acceptors (Lipinski definition) is 7. The Morgan fingerprint density at radius 3 is 2.67 bits per heavy atom. The molecule has 0 spiro atoms. The van der Waals surface area contributed by atoms with Gasteiger partial charge in [-0.3, -0.25) is 0 Å². The van der Waals surface area contributed by atoms with Gasteiger partial charge in [-0.05, 0) is 6.42 Å². The van der Waals surface area contributed by atoms with Crippen molar-refractivity contribution in [3.63, 3.8) is 0 Å². The van der Waals surface area contributed by atoms with E-state index < -0.39 is 0 Å². The van der Waals surface area contributed by atoms with Gasteiger partial charge in [0.05, 0.1) is 6.54 Å². The minimum absolute atomic E-state index is 0.477. The number of aromatic nitrogens is 4. The normalized spacial score (nSPS) is 10.4. The first-order chi connectivity index (χ1) is 8.74. The molecule has 18 heavy (non-hydrogen) atoms. The zero-order valence-corrected chi connectivity index (χ0v) is 10.7. The summed E-state index contributed by atoms with van der Waals surface area (Å²) in [4.78, 5) is 12.5. The van der Waals surface area contributed by atoms with Gasteiger partial charge in [0.2, 0.25) is 5.89 Å². The highest BCUT2D eigenvalue weighted by Crippen LogP contribution is 2.20. The second-order valence-corrected chi connectivity index (χ2v) is 3.74. The maximum atomic E-state index is 4.91. The molecule has 0 amide bonds. The number of anilines is 2. The van der Waals surface area contributed by atoms with E-state index in [0.29, 0.717) is 18.3 Å². The van der Waals surface area contributed by atoms with E-state index in [-0.39, 0.29) is 0 Å². The standard InChI is InChI=1S/C11H16N6O/c1-4-8-10(12-3)14-6-15-11(8)13-5-9-16-7(2)18-17-9/h6H,4-5H2,1-3H3,(H2,12,13,14,15). The SMILES string of the molecule is CCc1c(NC)ncnc1NCc1noc(C)n1. The van der Waals surface area contributed by atoms with Crippen LogP contribution < -0.4 is 10.6 Å². The first-order valence-corrected chi connectivity index (χ1v) is 5.79. The van der Waals surface area contributed by atoms with E-state index in [0.717, 1.165) is 23.6 Å². The second-order valence-electron chi connectivity index (χ2n) is 3.74. The van der Waals surface area contributed by atoms with Crippen molar-refractivity contribution in [1.29, 1.82) is 0 Å². The van der Waals surface area contributed by atoms with E-state index in [1.165, 1.54) is 6.33 Å². The first kappa shape index (κ1) is 12.3. The number of hydrogen-bond donors (Lipinski definition) is 2. The summed E-state index contributed by atoms with van der Waals surface area (Å²) in [6.07, 6.45) is 2.36. The van der Waals surface area contributed by atoms with Gasteiger partial charge >= 0.3 is 0 Å². The predicted molar refractivity (Wildman–Crippen MR) is 67.3 cm³/mol. The molecule has 0 saturated carbocycles. The molecule has 0 aliphatic rings. The van der Waals surface area contributed by atoms with Crippen LogP contribution in [0.25, 0.3) is 0 Å². The van der Waals surface area contributed by atoms with E-state index in [2.05, 4.69) is 37.7 Å². The van der Waals surface area contributed by atoms with E-state index in [1.807, 2.05) is 7.05 Å². The van der Waals surface area contributed by atoms with Crippen molar-refractivity contribution in [2.75, 3.05) is 17.7 Å². The smallest absolute Gasteiger partial charge is 0.223 e. The molecule has 0 aliphatic carbocycles. The molecule has 96 valence electrons. The number of aryl methyl sites for hydroxylation is 1. The summed E-state index contributed by atoms with van der Waals surface area (Å²) >= 11 is 0. The molecule has 2 rings (SSSR count). The average molecular weight is 248 g/mol. The minimum Gasteiger partial charge on any atom is -0.373 e. The van der Waals surface area contributed by atoms with Crippen molar-refractivity contribution in [3.8, 4) is 0 Å². The van der Waals surface area contributed by atoms with Crippen molar-refractivity contribution in [2.24, 2.45) is 0 Å². The highest BCUT2D eigenvalue weighted by atomic mass is 16.5. The van der Waals surface area contributed by atoms with Crippen molar-refractivity contribution in [1.82, 2.24) is 20.1 Å². The minimum atomic E-state index is 0.477. The molecule has 2 aromatic heterocycles. The summed E-state index contributed by atoms with van der Waals surface area (Å²) in [6.45, 7) is 4.30. The molecule has 0 bridgehead atoms. The zero-order chi connectivity index (χ0) is 13.0. The fourth-order valence-electron chi connectivity index (χ4n) is 1.69. The van der Waals surface area contributed by atoms with Crippen LogP contribution in [0.1, 0.15) is 24.2 Å². The van der Waals surface area contributed by atoms with Crippen molar-refractivity contribution >= 4 is 11.6 Å². The van der Waals surface area contributed by atoms with Gasteiger partial charge in [-0.1, -0.05) is 12.1 Å². The van der Waals surface area contributed by atoms with Gasteiger partial charge in [-0.2, -0.15) is 4.98 Å². The maximum Gasteiger partial charge on any atom is 0.223 e. The fourth-order valence-corrected chi connectivity index (χ4v) is 1.69. The van der Waals surface area contributed by atoms with Gasteiger partial charge < -0.3 is 15.2 Å². The first-order valence-electron chi connectivity index (χ1n) is 5.79. The lowest BCUT2D eigenvalue weighted by Crippen LogP contribution is -2.08. The lowest BCUT2D eigenvalue weighted by molar-refractivity contribution is 0.388. The second kappa shape index (κ2) is 5.44. The van der Waals surface area contributed by atoms with E-state index in [4.69, 9.17) is 4.52 Å². The Bertz CT molecular complexity index is 524. The Kier molecular flexibility index (Phi) is 3.71. The van der Waals surface area contributed by atoms with Crippen LogP contribution >= 0.6 is 0 Å². The zero-order valence-electron chi connectivity index (χ0n) is 10.7. The van der Waals surface area contributed by atoms with Crippen LogP contribution in [0, 0.1) is 6.92 Å². The molecule has 0 aromatic carbocycles. The summed E-state index contributed by atoms with van der Waals surface area (Å²) in [5.74, 6) is 2.79. The molecule has 2 heterocycles. The number of nitrogens with zero attached hydrogens (tertiary/aromatic N) is 4. The largest absolute Gasteiger partial charge is 0.373 e. The Labute approximate surface area is 105 Å². The third-order valence-electron chi connectivity index (χ3n) is 2.52.